The first-order chi connectivity index (χ1) is 12.7. The van der Waals surface area contributed by atoms with Gasteiger partial charge < -0.3 is 10.2 Å². The summed E-state index contributed by atoms with van der Waals surface area (Å²) < 4.78 is 13.2. The first kappa shape index (κ1) is 17.1. The number of nitrogens with zero attached hydrogens (tertiary/aromatic N) is 2. The molecule has 1 aromatic heterocycles. The molecule has 1 aliphatic rings. The van der Waals surface area contributed by atoms with Crippen molar-refractivity contribution < 1.29 is 14.6 Å². The zero-order valence-corrected chi connectivity index (χ0v) is 14.3. The molecule has 0 unspecified atom stereocenters. The van der Waals surface area contributed by atoms with Crippen molar-refractivity contribution in [1.29, 1.82) is 0 Å². The standard InChI is InChI=1S/C21H21FN2O2/c22-16-7-5-14(6-8-16)18-12-24(20(13-25)21(18)26)11-15-9-10-23-19-4-2-1-3-17(15)19/h1-10,18,20-21,25-26H,11-13H2/t18-,20-,21-/m1/s1. The molecule has 2 N–H and O–H groups in total. The summed E-state index contributed by atoms with van der Waals surface area (Å²) >= 11 is 0. The van der Waals surface area contributed by atoms with E-state index < -0.39 is 6.10 Å². The molecule has 1 saturated heterocycles. The molecular weight excluding hydrogens is 331 g/mol. The monoisotopic (exact) mass is 352 g/mol. The Morgan fingerprint density at radius 3 is 2.62 bits per heavy atom. The maximum Gasteiger partial charge on any atom is 0.123 e. The third-order valence-corrected chi connectivity index (χ3v) is 5.30. The van der Waals surface area contributed by atoms with Crippen LogP contribution in [0, 0.1) is 5.82 Å². The molecule has 2 heterocycles. The lowest BCUT2D eigenvalue weighted by atomic mass is 9.94. The first-order valence-corrected chi connectivity index (χ1v) is 8.78. The summed E-state index contributed by atoms with van der Waals surface area (Å²) in [5, 5.41) is 21.6. The number of aromatic nitrogens is 1. The van der Waals surface area contributed by atoms with Crippen molar-refractivity contribution in [3.05, 3.63) is 77.7 Å². The van der Waals surface area contributed by atoms with Gasteiger partial charge in [-0.15, -0.1) is 0 Å². The summed E-state index contributed by atoms with van der Waals surface area (Å²) in [6, 6.07) is 15.8. The van der Waals surface area contributed by atoms with Crippen molar-refractivity contribution in [1.82, 2.24) is 9.88 Å². The molecule has 3 atom stereocenters. The Morgan fingerprint density at radius 1 is 1.08 bits per heavy atom. The van der Waals surface area contributed by atoms with Gasteiger partial charge in [0.2, 0.25) is 0 Å². The van der Waals surface area contributed by atoms with Crippen molar-refractivity contribution in [2.75, 3.05) is 13.2 Å². The summed E-state index contributed by atoms with van der Waals surface area (Å²) in [4.78, 5) is 6.49. The van der Waals surface area contributed by atoms with Crippen LogP contribution in [-0.4, -0.2) is 45.4 Å². The second-order valence-electron chi connectivity index (χ2n) is 6.82. The summed E-state index contributed by atoms with van der Waals surface area (Å²) in [5.74, 6) is -0.444. The third-order valence-electron chi connectivity index (χ3n) is 5.30. The molecule has 0 aliphatic carbocycles. The smallest absolute Gasteiger partial charge is 0.123 e. The lowest BCUT2D eigenvalue weighted by molar-refractivity contribution is 0.0642. The van der Waals surface area contributed by atoms with Crippen LogP contribution in [0.25, 0.3) is 10.9 Å². The molecule has 2 aromatic carbocycles. The Morgan fingerprint density at radius 2 is 1.85 bits per heavy atom. The van der Waals surface area contributed by atoms with Crippen molar-refractivity contribution in [3.63, 3.8) is 0 Å². The zero-order valence-electron chi connectivity index (χ0n) is 14.3. The highest BCUT2D eigenvalue weighted by atomic mass is 19.1. The summed E-state index contributed by atoms with van der Waals surface area (Å²) in [7, 11) is 0. The molecule has 3 aromatic rings. The van der Waals surface area contributed by atoms with Gasteiger partial charge in [-0.25, -0.2) is 4.39 Å². The molecule has 0 spiro atoms. The molecule has 0 amide bonds. The van der Waals surface area contributed by atoms with Gasteiger partial charge in [-0.2, -0.15) is 0 Å². The van der Waals surface area contributed by atoms with Crippen LogP contribution in [0.5, 0.6) is 0 Å². The molecule has 0 saturated carbocycles. The number of halogens is 1. The van der Waals surface area contributed by atoms with Crippen molar-refractivity contribution in [2.45, 2.75) is 24.6 Å². The number of benzene rings is 2. The summed E-state index contributed by atoms with van der Waals surface area (Å²) in [6.07, 6.45) is 1.09. The number of aliphatic hydroxyl groups is 2. The van der Waals surface area contributed by atoms with E-state index in [1.165, 1.54) is 12.1 Å². The molecule has 4 rings (SSSR count). The van der Waals surface area contributed by atoms with Crippen LogP contribution in [0.2, 0.25) is 0 Å². The summed E-state index contributed by atoms with van der Waals surface area (Å²) in [6.45, 7) is 1.10. The van der Waals surface area contributed by atoms with Crippen LogP contribution in [0.3, 0.4) is 0 Å². The number of pyridine rings is 1. The molecule has 26 heavy (non-hydrogen) atoms. The highest BCUT2D eigenvalue weighted by Crippen LogP contribution is 2.34. The van der Waals surface area contributed by atoms with Gasteiger partial charge in [0.05, 0.1) is 24.3 Å². The SMILES string of the molecule is OC[C@@H]1[C@H](O)[C@@H](c2ccc(F)cc2)CN1Cc1ccnc2ccccc12. The van der Waals surface area contributed by atoms with E-state index >= 15 is 0 Å². The van der Waals surface area contributed by atoms with Crippen molar-refractivity contribution >= 4 is 10.9 Å². The fourth-order valence-electron chi connectivity index (χ4n) is 3.91. The Hall–Kier alpha value is -2.34. The van der Waals surface area contributed by atoms with E-state index in [0.717, 1.165) is 22.0 Å². The van der Waals surface area contributed by atoms with Gasteiger partial charge in [0.1, 0.15) is 5.82 Å². The van der Waals surface area contributed by atoms with Crippen LogP contribution >= 0.6 is 0 Å². The van der Waals surface area contributed by atoms with Crippen LogP contribution in [0.1, 0.15) is 17.0 Å². The van der Waals surface area contributed by atoms with E-state index in [0.29, 0.717) is 13.1 Å². The second kappa shape index (κ2) is 7.11. The van der Waals surface area contributed by atoms with Crippen molar-refractivity contribution in [3.8, 4) is 0 Å². The minimum absolute atomic E-state index is 0.123. The second-order valence-corrected chi connectivity index (χ2v) is 6.82. The Bertz CT molecular complexity index is 895. The molecule has 0 bridgehead atoms. The van der Waals surface area contributed by atoms with E-state index in [2.05, 4.69) is 9.88 Å². The molecule has 1 fully saturated rings. The number of para-hydroxylation sites is 1. The fraction of sp³-hybridized carbons (Fsp3) is 0.286. The van der Waals surface area contributed by atoms with E-state index in [1.54, 1.807) is 18.3 Å². The molecule has 5 heteroatoms. The van der Waals surface area contributed by atoms with Crippen LogP contribution < -0.4 is 0 Å². The van der Waals surface area contributed by atoms with Gasteiger partial charge >= 0.3 is 0 Å². The number of aliphatic hydroxyl groups excluding tert-OH is 2. The normalized spacial score (nSPS) is 23.6. The zero-order chi connectivity index (χ0) is 18.1. The lowest BCUT2D eigenvalue weighted by Crippen LogP contribution is -2.38. The maximum absolute atomic E-state index is 13.2. The predicted molar refractivity (Wildman–Crippen MR) is 98.2 cm³/mol. The van der Waals surface area contributed by atoms with E-state index in [4.69, 9.17) is 0 Å². The average molecular weight is 352 g/mol. The third kappa shape index (κ3) is 3.09. The number of likely N-dealkylation sites (tertiary alicyclic amines) is 1. The fourth-order valence-corrected chi connectivity index (χ4v) is 3.91. The van der Waals surface area contributed by atoms with Gasteiger partial charge in [-0.05, 0) is 35.4 Å². The Kier molecular flexibility index (Phi) is 4.68. The van der Waals surface area contributed by atoms with Gasteiger partial charge in [0.25, 0.3) is 0 Å². The van der Waals surface area contributed by atoms with Crippen LogP contribution in [-0.2, 0) is 6.54 Å². The minimum Gasteiger partial charge on any atom is -0.395 e. The lowest BCUT2D eigenvalue weighted by Gasteiger charge is -2.24. The topological polar surface area (TPSA) is 56.6 Å². The molecule has 134 valence electrons. The van der Waals surface area contributed by atoms with Gasteiger partial charge in [0.15, 0.2) is 0 Å². The number of fused-ring (bicyclic) bond motifs is 1. The molecule has 4 nitrogen and oxygen atoms in total. The number of rotatable bonds is 4. The highest BCUT2D eigenvalue weighted by molar-refractivity contribution is 5.81. The van der Waals surface area contributed by atoms with Crippen LogP contribution in [0.4, 0.5) is 4.39 Å². The Balaban J connectivity index is 1.62. The molecule has 1 aliphatic heterocycles. The van der Waals surface area contributed by atoms with Crippen LogP contribution in [0.15, 0.2) is 60.8 Å². The van der Waals surface area contributed by atoms with Gasteiger partial charge in [0, 0.05) is 30.6 Å². The molecule has 0 radical (unpaired) electrons. The van der Waals surface area contributed by atoms with E-state index in [-0.39, 0.29) is 24.4 Å². The number of hydrogen-bond acceptors (Lipinski definition) is 4. The Labute approximate surface area is 151 Å². The predicted octanol–water partition coefficient (Wildman–Crippen LogP) is 2.70. The summed E-state index contributed by atoms with van der Waals surface area (Å²) in [5.41, 5.74) is 2.93. The largest absolute Gasteiger partial charge is 0.395 e. The van der Waals surface area contributed by atoms with Crippen molar-refractivity contribution in [2.24, 2.45) is 0 Å². The van der Waals surface area contributed by atoms with E-state index in [1.807, 2.05) is 30.3 Å². The average Bonchev–Trinajstić information content (AvgIpc) is 2.98. The quantitative estimate of drug-likeness (QED) is 0.758. The van der Waals surface area contributed by atoms with Gasteiger partial charge in [-0.1, -0.05) is 30.3 Å². The molecular formula is C21H21FN2O2. The number of hydrogen-bond donors (Lipinski definition) is 2. The first-order valence-electron chi connectivity index (χ1n) is 8.78. The van der Waals surface area contributed by atoms with Gasteiger partial charge in [-0.3, -0.25) is 9.88 Å². The highest BCUT2D eigenvalue weighted by Gasteiger charge is 2.41. The maximum atomic E-state index is 13.2. The minimum atomic E-state index is -0.696. The van der Waals surface area contributed by atoms with E-state index in [9.17, 15) is 14.6 Å².